The minimum absolute atomic E-state index is 0.175. The van der Waals surface area contributed by atoms with Crippen LogP contribution in [0, 0.1) is 0 Å². The standard InChI is InChI=1S/C22H20N4O6S3/c1-3-33-22-25-21(35-26-22)24-17(27)11(2)34-14-6-4-5-13(10-14)23-18(28)15-8-7-12(19(29)30)9-16(15)20(31)32/h4-11H,3H2,1-2H3,(H,23,28)(H,29,30)(H,31,32)(H,24,25,26,27). The van der Waals surface area contributed by atoms with Crippen molar-refractivity contribution in [2.75, 3.05) is 16.4 Å². The molecule has 35 heavy (non-hydrogen) atoms. The predicted octanol–water partition coefficient (Wildman–Crippen LogP) is 4.42. The number of carbonyl (C=O) groups is 4. The molecular formula is C22H20N4O6S3. The summed E-state index contributed by atoms with van der Waals surface area (Å²) in [5.74, 6) is -2.84. The van der Waals surface area contributed by atoms with Crippen molar-refractivity contribution in [2.45, 2.75) is 29.1 Å². The van der Waals surface area contributed by atoms with Crippen molar-refractivity contribution >= 4 is 69.6 Å². The first-order valence-electron chi connectivity index (χ1n) is 10.1. The number of thioether (sulfide) groups is 2. The van der Waals surface area contributed by atoms with Crippen LogP contribution in [0.2, 0.25) is 0 Å². The molecule has 1 aromatic heterocycles. The molecule has 3 rings (SSSR count). The van der Waals surface area contributed by atoms with E-state index in [1.165, 1.54) is 23.5 Å². The number of carboxylic acid groups (broad SMARTS) is 2. The predicted molar refractivity (Wildman–Crippen MR) is 135 cm³/mol. The normalized spacial score (nSPS) is 11.5. The summed E-state index contributed by atoms with van der Waals surface area (Å²) in [5, 5.41) is 24.4. The second kappa shape index (κ2) is 11.8. The molecule has 1 unspecified atom stereocenters. The van der Waals surface area contributed by atoms with E-state index in [9.17, 15) is 24.3 Å². The number of rotatable bonds is 10. The van der Waals surface area contributed by atoms with Crippen LogP contribution < -0.4 is 10.6 Å². The third-order valence-electron chi connectivity index (χ3n) is 4.43. The first kappa shape index (κ1) is 26.2. The monoisotopic (exact) mass is 532 g/mol. The fraction of sp³-hybridized carbons (Fsp3) is 0.182. The van der Waals surface area contributed by atoms with Gasteiger partial charge in [-0.15, -0.1) is 11.8 Å². The van der Waals surface area contributed by atoms with Gasteiger partial charge in [0.2, 0.25) is 16.2 Å². The number of carbonyl (C=O) groups excluding carboxylic acids is 2. The van der Waals surface area contributed by atoms with Crippen LogP contribution >= 0.6 is 35.1 Å². The van der Waals surface area contributed by atoms with Crippen LogP contribution in [0.15, 0.2) is 52.5 Å². The second-order valence-corrected chi connectivity index (χ2v) is 10.3. The lowest BCUT2D eigenvalue weighted by atomic mass is 10.0. The van der Waals surface area contributed by atoms with Gasteiger partial charge in [0, 0.05) is 22.1 Å². The highest BCUT2D eigenvalue weighted by atomic mass is 32.2. The Morgan fingerprint density at radius 2 is 1.80 bits per heavy atom. The van der Waals surface area contributed by atoms with Gasteiger partial charge in [0.15, 0.2) is 0 Å². The van der Waals surface area contributed by atoms with E-state index in [4.69, 9.17) is 5.11 Å². The lowest BCUT2D eigenvalue weighted by Crippen LogP contribution is -2.22. The van der Waals surface area contributed by atoms with Crippen molar-refractivity contribution in [2.24, 2.45) is 0 Å². The molecule has 0 saturated heterocycles. The first-order chi connectivity index (χ1) is 16.7. The highest BCUT2D eigenvalue weighted by molar-refractivity contribution is 8.00. The number of anilines is 2. The molecule has 0 fully saturated rings. The summed E-state index contributed by atoms with van der Waals surface area (Å²) >= 11 is 3.86. The third kappa shape index (κ3) is 7.04. The fourth-order valence-electron chi connectivity index (χ4n) is 2.81. The van der Waals surface area contributed by atoms with Crippen LogP contribution in [0.25, 0.3) is 0 Å². The lowest BCUT2D eigenvalue weighted by Gasteiger charge is -2.12. The van der Waals surface area contributed by atoms with Crippen molar-refractivity contribution in [3.63, 3.8) is 0 Å². The fourth-order valence-corrected chi connectivity index (χ4v) is 5.01. The highest BCUT2D eigenvalue weighted by Crippen LogP contribution is 2.28. The van der Waals surface area contributed by atoms with E-state index >= 15 is 0 Å². The lowest BCUT2D eigenvalue weighted by molar-refractivity contribution is -0.115. The van der Waals surface area contributed by atoms with Crippen molar-refractivity contribution < 1.29 is 29.4 Å². The Kier molecular flexibility index (Phi) is 8.84. The largest absolute Gasteiger partial charge is 0.478 e. The summed E-state index contributed by atoms with van der Waals surface area (Å²) in [6, 6.07) is 9.99. The number of benzene rings is 2. The maximum absolute atomic E-state index is 12.7. The topological polar surface area (TPSA) is 159 Å². The molecule has 182 valence electrons. The molecule has 0 spiro atoms. The summed E-state index contributed by atoms with van der Waals surface area (Å²) in [7, 11) is 0. The van der Waals surface area contributed by atoms with Crippen LogP contribution in [0.1, 0.15) is 44.9 Å². The van der Waals surface area contributed by atoms with E-state index in [0.29, 0.717) is 20.9 Å². The second-order valence-electron chi connectivity index (χ2n) is 6.92. The Bertz CT molecular complexity index is 1280. The molecule has 0 saturated carbocycles. The molecule has 1 atom stereocenters. The molecule has 0 radical (unpaired) electrons. The van der Waals surface area contributed by atoms with Crippen LogP contribution in [-0.2, 0) is 4.79 Å². The molecule has 10 nitrogen and oxygen atoms in total. The van der Waals surface area contributed by atoms with E-state index in [2.05, 4.69) is 20.0 Å². The highest BCUT2D eigenvalue weighted by Gasteiger charge is 2.20. The van der Waals surface area contributed by atoms with Gasteiger partial charge in [0.05, 0.1) is 21.9 Å². The van der Waals surface area contributed by atoms with Crippen LogP contribution in [-0.4, -0.2) is 54.3 Å². The first-order valence-corrected chi connectivity index (χ1v) is 12.8. The van der Waals surface area contributed by atoms with E-state index in [1.54, 1.807) is 31.2 Å². The van der Waals surface area contributed by atoms with Gasteiger partial charge in [-0.1, -0.05) is 24.8 Å². The molecule has 0 aliphatic rings. The Morgan fingerprint density at radius 1 is 1.03 bits per heavy atom. The number of nitrogens with zero attached hydrogens (tertiary/aromatic N) is 2. The van der Waals surface area contributed by atoms with Gasteiger partial charge in [-0.05, 0) is 49.1 Å². The molecule has 0 aliphatic heterocycles. The van der Waals surface area contributed by atoms with Gasteiger partial charge in [-0.25, -0.2) is 9.59 Å². The zero-order valence-electron chi connectivity index (χ0n) is 18.5. The number of hydrogen-bond donors (Lipinski definition) is 4. The zero-order chi connectivity index (χ0) is 25.5. The van der Waals surface area contributed by atoms with Gasteiger partial charge < -0.3 is 15.5 Å². The number of hydrogen-bond acceptors (Lipinski definition) is 9. The summed E-state index contributed by atoms with van der Waals surface area (Å²) in [5.41, 5.74) is -0.448. The van der Waals surface area contributed by atoms with E-state index < -0.39 is 28.7 Å². The molecule has 0 aliphatic carbocycles. The Balaban J connectivity index is 1.67. The maximum atomic E-state index is 12.7. The molecule has 3 aromatic rings. The van der Waals surface area contributed by atoms with Gasteiger partial charge in [0.25, 0.3) is 5.91 Å². The molecule has 4 N–H and O–H groups in total. The van der Waals surface area contributed by atoms with Crippen LogP contribution in [0.5, 0.6) is 0 Å². The number of aromatic nitrogens is 2. The smallest absolute Gasteiger partial charge is 0.336 e. The number of carboxylic acids is 2. The number of amides is 2. The average molecular weight is 533 g/mol. The van der Waals surface area contributed by atoms with Crippen molar-refractivity contribution in [3.05, 3.63) is 59.2 Å². The summed E-state index contributed by atoms with van der Waals surface area (Å²) in [4.78, 5) is 52.8. The Labute approximate surface area is 212 Å². The Hall–Kier alpha value is -3.42. The van der Waals surface area contributed by atoms with Crippen molar-refractivity contribution in [1.82, 2.24) is 9.36 Å². The van der Waals surface area contributed by atoms with Crippen molar-refractivity contribution in [1.29, 1.82) is 0 Å². The maximum Gasteiger partial charge on any atom is 0.336 e. The zero-order valence-corrected chi connectivity index (χ0v) is 20.9. The summed E-state index contributed by atoms with van der Waals surface area (Å²) in [6.07, 6.45) is 0. The third-order valence-corrected chi connectivity index (χ3v) is 7.00. The molecule has 13 heteroatoms. The van der Waals surface area contributed by atoms with Gasteiger partial charge in [-0.3, -0.25) is 14.9 Å². The average Bonchev–Trinajstić information content (AvgIpc) is 3.25. The molecule has 0 bridgehead atoms. The molecule has 2 aromatic carbocycles. The SMILES string of the molecule is CCSc1nsc(NC(=O)C(C)Sc2cccc(NC(=O)c3ccc(C(=O)O)cc3C(=O)O)c2)n1. The summed E-state index contributed by atoms with van der Waals surface area (Å²) in [6.45, 7) is 3.72. The molecule has 2 amide bonds. The quantitative estimate of drug-likeness (QED) is 0.275. The number of nitrogens with one attached hydrogen (secondary N) is 2. The summed E-state index contributed by atoms with van der Waals surface area (Å²) < 4.78 is 4.16. The van der Waals surface area contributed by atoms with Gasteiger partial charge in [0.1, 0.15) is 0 Å². The number of aromatic carboxylic acids is 2. The minimum atomic E-state index is -1.42. The van der Waals surface area contributed by atoms with Crippen LogP contribution in [0.4, 0.5) is 10.8 Å². The van der Waals surface area contributed by atoms with Crippen molar-refractivity contribution in [3.8, 4) is 0 Å². The molecule has 1 heterocycles. The van der Waals surface area contributed by atoms with E-state index in [0.717, 1.165) is 35.5 Å². The van der Waals surface area contributed by atoms with Gasteiger partial charge >= 0.3 is 11.9 Å². The Morgan fingerprint density at radius 3 is 2.49 bits per heavy atom. The van der Waals surface area contributed by atoms with Gasteiger partial charge in [-0.2, -0.15) is 9.36 Å². The minimum Gasteiger partial charge on any atom is -0.478 e. The van der Waals surface area contributed by atoms with Crippen LogP contribution in [0.3, 0.4) is 0 Å². The molecular weight excluding hydrogens is 512 g/mol. The van der Waals surface area contributed by atoms with E-state index in [-0.39, 0.29) is 17.0 Å². The van der Waals surface area contributed by atoms with E-state index in [1.807, 2.05) is 6.92 Å².